The zero-order valence-corrected chi connectivity index (χ0v) is 11.3. The van der Waals surface area contributed by atoms with Crippen molar-refractivity contribution in [3.05, 3.63) is 0 Å². The number of rotatable bonds is 7. The Bertz CT molecular complexity index is 106. The average Bonchev–Trinajstić information content (AvgIpc) is 2.03. The third-order valence-electron chi connectivity index (χ3n) is 1.78. The molecular weight excluding hydrogens is 182 g/mol. The molecule has 0 radical (unpaired) electrons. The Balaban J connectivity index is -0.000000500. The fraction of sp³-hybridized carbons (Fsp3) is 1.00. The molecule has 0 aliphatic rings. The molecule has 1 unspecified atom stereocenters. The molecule has 0 aromatic heterocycles. The maximum Gasteiger partial charge on any atom is 1.00 e. The minimum absolute atomic E-state index is 0. The second-order valence-electron chi connectivity index (χ2n) is 2.71. The maximum atomic E-state index is 10.1. The summed E-state index contributed by atoms with van der Waals surface area (Å²) in [7, 11) is -0.175. The molecule has 0 N–H and O–H groups in total. The summed E-state index contributed by atoms with van der Waals surface area (Å²) in [5, 5.41) is 0. The van der Waals surface area contributed by atoms with Crippen molar-refractivity contribution in [2.45, 2.75) is 52.1 Å². The molecule has 2 nitrogen and oxygen atoms in total. The Labute approximate surface area is 101 Å². The van der Waals surface area contributed by atoms with E-state index in [0.717, 1.165) is 12.8 Å². The van der Waals surface area contributed by atoms with E-state index >= 15 is 0 Å². The molecule has 0 fully saturated rings. The van der Waals surface area contributed by atoms with Crippen molar-refractivity contribution in [2.24, 2.45) is 0 Å². The molecule has 0 aromatic rings. The fourth-order valence-corrected chi connectivity index (χ4v) is 1.39. The maximum absolute atomic E-state index is 10.1. The van der Waals surface area contributed by atoms with E-state index in [1.54, 1.807) is 0 Å². The molecular formula is C8H18NaO2P. The smallest absolute Gasteiger partial charge is 1.00 e. The minimum atomic E-state index is -0.175. The van der Waals surface area contributed by atoms with Crippen molar-refractivity contribution in [2.75, 3.05) is 0 Å². The monoisotopic (exact) mass is 200 g/mol. The predicted octanol–water partition coefficient (Wildman–Crippen LogP) is 0.685. The SMILES string of the molecule is CCCCCC(CC)OP=O.[H-].[Na+]. The van der Waals surface area contributed by atoms with Gasteiger partial charge in [0.2, 0.25) is 0 Å². The van der Waals surface area contributed by atoms with Crippen molar-refractivity contribution >= 4 is 8.69 Å². The van der Waals surface area contributed by atoms with E-state index in [1.807, 2.05) is 0 Å². The van der Waals surface area contributed by atoms with E-state index in [4.69, 9.17) is 4.52 Å². The van der Waals surface area contributed by atoms with Crippen LogP contribution in [0.15, 0.2) is 0 Å². The number of unbranched alkanes of at least 4 members (excludes halogenated alkanes) is 2. The normalized spacial score (nSPS) is 12.5. The van der Waals surface area contributed by atoms with Gasteiger partial charge in [0.25, 0.3) is 0 Å². The van der Waals surface area contributed by atoms with Crippen LogP contribution in [0.3, 0.4) is 0 Å². The van der Waals surface area contributed by atoms with Crippen LogP contribution in [-0.4, -0.2) is 6.10 Å². The van der Waals surface area contributed by atoms with E-state index in [1.165, 1.54) is 19.3 Å². The number of hydrogen-bond acceptors (Lipinski definition) is 2. The van der Waals surface area contributed by atoms with Gasteiger partial charge in [0.15, 0.2) is 0 Å². The third kappa shape index (κ3) is 9.15. The van der Waals surface area contributed by atoms with Crippen molar-refractivity contribution in [3.8, 4) is 0 Å². The largest absolute Gasteiger partial charge is 1.00 e. The first kappa shape index (κ1) is 15.5. The van der Waals surface area contributed by atoms with Gasteiger partial charge in [-0.1, -0.05) is 33.1 Å². The molecule has 0 saturated carbocycles. The Morgan fingerprint density at radius 2 is 2.08 bits per heavy atom. The van der Waals surface area contributed by atoms with Gasteiger partial charge in [-0.2, -0.15) is 0 Å². The van der Waals surface area contributed by atoms with E-state index in [2.05, 4.69) is 13.8 Å². The summed E-state index contributed by atoms with van der Waals surface area (Å²) in [6.45, 7) is 4.23. The standard InChI is InChI=1S/C8H17O2P.Na.H/c1-3-5-6-7-8(4-2)10-11-9;;/h8H,3-7H2,1-2H3;;/q;+1;-1. The molecule has 0 saturated heterocycles. The van der Waals surface area contributed by atoms with Crippen LogP contribution < -0.4 is 29.6 Å². The minimum Gasteiger partial charge on any atom is -1.00 e. The molecule has 0 amide bonds. The van der Waals surface area contributed by atoms with E-state index in [9.17, 15) is 4.57 Å². The van der Waals surface area contributed by atoms with Crippen LogP contribution in [0.4, 0.5) is 0 Å². The van der Waals surface area contributed by atoms with Crippen LogP contribution in [0.5, 0.6) is 0 Å². The molecule has 0 aromatic carbocycles. The Morgan fingerprint density at radius 1 is 1.42 bits per heavy atom. The molecule has 4 heteroatoms. The van der Waals surface area contributed by atoms with Crippen molar-refractivity contribution in [3.63, 3.8) is 0 Å². The van der Waals surface area contributed by atoms with Crippen LogP contribution >= 0.6 is 8.69 Å². The summed E-state index contributed by atoms with van der Waals surface area (Å²) in [4.78, 5) is 0. The van der Waals surface area contributed by atoms with Crippen LogP contribution in [0, 0.1) is 0 Å². The molecule has 0 aliphatic heterocycles. The zero-order valence-electron chi connectivity index (χ0n) is 9.38. The fourth-order valence-electron chi connectivity index (χ4n) is 1.01. The van der Waals surface area contributed by atoms with Crippen LogP contribution in [0.25, 0.3) is 0 Å². The molecule has 0 rings (SSSR count). The zero-order chi connectivity index (χ0) is 8.53. The molecule has 0 heterocycles. The first-order chi connectivity index (χ1) is 5.35. The molecule has 0 spiro atoms. The molecule has 0 aliphatic carbocycles. The summed E-state index contributed by atoms with van der Waals surface area (Å²) in [5.41, 5.74) is 0. The van der Waals surface area contributed by atoms with Crippen molar-refractivity contribution in [1.82, 2.24) is 0 Å². The summed E-state index contributed by atoms with van der Waals surface area (Å²) < 4.78 is 15.0. The summed E-state index contributed by atoms with van der Waals surface area (Å²) in [6, 6.07) is 0. The van der Waals surface area contributed by atoms with Crippen LogP contribution in [-0.2, 0) is 9.09 Å². The molecule has 0 bridgehead atoms. The Hall–Kier alpha value is 1.06. The molecule has 1 atom stereocenters. The summed E-state index contributed by atoms with van der Waals surface area (Å²) in [6.07, 6.45) is 5.85. The van der Waals surface area contributed by atoms with Gasteiger partial charge in [0, 0.05) is 0 Å². The van der Waals surface area contributed by atoms with Crippen LogP contribution in [0.1, 0.15) is 47.4 Å². The first-order valence-corrected chi connectivity index (χ1v) is 5.06. The Kier molecular flexibility index (Phi) is 15.6. The topological polar surface area (TPSA) is 26.3 Å². The predicted molar refractivity (Wildman–Crippen MR) is 48.0 cm³/mol. The quantitative estimate of drug-likeness (QED) is 0.343. The van der Waals surface area contributed by atoms with Gasteiger partial charge < -0.3 is 1.43 Å². The van der Waals surface area contributed by atoms with Crippen molar-refractivity contribution in [1.29, 1.82) is 0 Å². The van der Waals surface area contributed by atoms with Gasteiger partial charge in [-0.15, -0.1) is 0 Å². The van der Waals surface area contributed by atoms with E-state index in [-0.39, 0.29) is 45.8 Å². The summed E-state index contributed by atoms with van der Waals surface area (Å²) in [5.74, 6) is 0. The summed E-state index contributed by atoms with van der Waals surface area (Å²) >= 11 is 0. The second kappa shape index (κ2) is 12.1. The van der Waals surface area contributed by atoms with Gasteiger partial charge in [0.05, 0.1) is 6.10 Å². The van der Waals surface area contributed by atoms with Gasteiger partial charge in [0.1, 0.15) is 0 Å². The van der Waals surface area contributed by atoms with Gasteiger partial charge >= 0.3 is 38.2 Å². The molecule has 12 heavy (non-hydrogen) atoms. The van der Waals surface area contributed by atoms with E-state index < -0.39 is 0 Å². The van der Waals surface area contributed by atoms with Gasteiger partial charge in [-0.05, 0) is 12.8 Å². The Morgan fingerprint density at radius 3 is 2.50 bits per heavy atom. The second-order valence-corrected chi connectivity index (χ2v) is 3.07. The van der Waals surface area contributed by atoms with Gasteiger partial charge in [-0.25, -0.2) is 4.57 Å². The number of hydrogen-bond donors (Lipinski definition) is 0. The first-order valence-electron chi connectivity index (χ1n) is 4.33. The van der Waals surface area contributed by atoms with E-state index in [0.29, 0.717) is 0 Å². The molecule has 68 valence electrons. The van der Waals surface area contributed by atoms with Crippen molar-refractivity contribution < 1.29 is 40.1 Å². The van der Waals surface area contributed by atoms with Crippen LogP contribution in [0.2, 0.25) is 0 Å². The third-order valence-corrected chi connectivity index (χ3v) is 2.16. The average molecular weight is 200 g/mol. The van der Waals surface area contributed by atoms with Gasteiger partial charge in [-0.3, -0.25) is 4.52 Å².